The van der Waals surface area contributed by atoms with Gasteiger partial charge in [-0.15, -0.1) is 11.3 Å². The number of allylic oxidation sites excluding steroid dienone is 10. The lowest BCUT2D eigenvalue weighted by Crippen LogP contribution is -2.09. The van der Waals surface area contributed by atoms with Crippen molar-refractivity contribution < 1.29 is 0 Å². The number of thiophene rings is 1. The van der Waals surface area contributed by atoms with E-state index in [-0.39, 0.29) is 0 Å². The van der Waals surface area contributed by atoms with Gasteiger partial charge in [-0.3, -0.25) is 0 Å². The van der Waals surface area contributed by atoms with Crippen molar-refractivity contribution >= 4 is 64.6 Å². The Kier molecular flexibility index (Phi) is 8.47. The third kappa shape index (κ3) is 5.14. The first kappa shape index (κ1) is 32.2. The Hall–Kier alpha value is -5.97. The second kappa shape index (κ2) is 13.4. The average molecular weight is 678 g/mol. The summed E-state index contributed by atoms with van der Waals surface area (Å²) < 4.78 is 5.14. The van der Waals surface area contributed by atoms with E-state index < -0.39 is 0 Å². The van der Waals surface area contributed by atoms with E-state index in [1.807, 2.05) is 55.6 Å². The highest BCUT2D eigenvalue weighted by Gasteiger charge is 2.28. The predicted octanol–water partition coefficient (Wildman–Crippen LogP) is 12.4. The Morgan fingerprint density at radius 1 is 0.824 bits per heavy atom. The van der Waals surface area contributed by atoms with E-state index in [1.54, 1.807) is 6.08 Å². The number of nitrogens with zero attached hydrogens (tertiary/aromatic N) is 2. The number of benzene rings is 5. The van der Waals surface area contributed by atoms with Gasteiger partial charge >= 0.3 is 0 Å². The third-order valence-electron chi connectivity index (χ3n) is 10.1. The average Bonchev–Trinajstić information content (AvgIpc) is 3.74. The molecule has 1 aliphatic carbocycles. The summed E-state index contributed by atoms with van der Waals surface area (Å²) in [6, 6.07) is 35.7. The molecule has 0 saturated heterocycles. The largest absolute Gasteiger partial charge is 0.323 e. The molecule has 4 heteroatoms. The lowest BCUT2D eigenvalue weighted by atomic mass is 9.81. The minimum Gasteiger partial charge on any atom is -0.323 e. The number of hydrazone groups is 1. The lowest BCUT2D eigenvalue weighted by Gasteiger charge is -2.23. The fraction of sp³-hybridized carbons (Fsp3) is 0.0851. The van der Waals surface area contributed by atoms with E-state index in [4.69, 9.17) is 5.84 Å². The molecule has 0 fully saturated rings. The number of rotatable bonds is 8. The van der Waals surface area contributed by atoms with E-state index in [0.29, 0.717) is 5.71 Å². The summed E-state index contributed by atoms with van der Waals surface area (Å²) in [4.78, 5) is 0. The monoisotopic (exact) mass is 677 g/mol. The van der Waals surface area contributed by atoms with Crippen molar-refractivity contribution in [1.82, 2.24) is 4.57 Å². The van der Waals surface area contributed by atoms with Crippen LogP contribution in [0.15, 0.2) is 169 Å². The van der Waals surface area contributed by atoms with Crippen LogP contribution in [-0.2, 0) is 12.8 Å². The van der Waals surface area contributed by atoms with E-state index >= 15 is 0 Å². The molecule has 0 amide bonds. The zero-order valence-corrected chi connectivity index (χ0v) is 29.8. The van der Waals surface area contributed by atoms with E-state index in [2.05, 4.69) is 126 Å². The number of para-hydroxylation sites is 1. The molecular formula is C47H39N3S. The van der Waals surface area contributed by atoms with Gasteiger partial charge in [-0.25, -0.2) is 0 Å². The van der Waals surface area contributed by atoms with Gasteiger partial charge in [0.15, 0.2) is 0 Å². The van der Waals surface area contributed by atoms with Gasteiger partial charge in [0.1, 0.15) is 0 Å². The molecule has 1 aliphatic rings. The van der Waals surface area contributed by atoms with Crippen LogP contribution in [0, 0.1) is 0 Å². The molecule has 2 aromatic heterocycles. The molecule has 5 aromatic carbocycles. The van der Waals surface area contributed by atoms with Crippen LogP contribution in [0.2, 0.25) is 0 Å². The van der Waals surface area contributed by atoms with Gasteiger partial charge in [0.05, 0.1) is 21.4 Å². The lowest BCUT2D eigenvalue weighted by molar-refractivity contribution is 0.954. The molecule has 0 atom stereocenters. The van der Waals surface area contributed by atoms with Crippen LogP contribution in [0.3, 0.4) is 0 Å². The van der Waals surface area contributed by atoms with Gasteiger partial charge in [-0.1, -0.05) is 128 Å². The van der Waals surface area contributed by atoms with Gasteiger partial charge in [0.25, 0.3) is 0 Å². The smallest absolute Gasteiger partial charge is 0.0974 e. The highest BCUT2D eigenvalue weighted by molar-refractivity contribution is 7.26. The Morgan fingerprint density at radius 3 is 2.31 bits per heavy atom. The Morgan fingerprint density at radius 2 is 1.57 bits per heavy atom. The first-order chi connectivity index (χ1) is 25.1. The van der Waals surface area contributed by atoms with Gasteiger partial charge in [0.2, 0.25) is 0 Å². The van der Waals surface area contributed by atoms with Crippen LogP contribution in [0.4, 0.5) is 0 Å². The number of fused-ring (bicyclic) bond motifs is 12. The van der Waals surface area contributed by atoms with E-state index in [0.717, 1.165) is 40.8 Å². The molecule has 0 radical (unpaired) electrons. The molecular weight excluding hydrogens is 639 g/mol. The summed E-state index contributed by atoms with van der Waals surface area (Å²) >= 11 is 1.91. The maximum atomic E-state index is 6.03. The van der Waals surface area contributed by atoms with Crippen molar-refractivity contribution in [2.24, 2.45) is 10.9 Å². The number of hydrogen-bond donors (Lipinski definition) is 1. The number of nitrogens with two attached hydrogens (primary N) is 1. The summed E-state index contributed by atoms with van der Waals surface area (Å²) in [7, 11) is 0. The van der Waals surface area contributed by atoms with Gasteiger partial charge in [-0.2, -0.15) is 5.10 Å². The van der Waals surface area contributed by atoms with Crippen molar-refractivity contribution in [1.29, 1.82) is 0 Å². The second-order valence-corrected chi connectivity index (χ2v) is 13.8. The van der Waals surface area contributed by atoms with E-state index in [9.17, 15) is 0 Å². The molecule has 0 saturated carbocycles. The molecule has 2 heterocycles. The number of aromatic nitrogens is 1. The molecule has 0 bridgehead atoms. The topological polar surface area (TPSA) is 43.3 Å². The van der Waals surface area contributed by atoms with Crippen LogP contribution < -0.4 is 5.84 Å². The Bertz CT molecular complexity index is 2690. The quantitative estimate of drug-likeness (QED) is 0.0740. The van der Waals surface area contributed by atoms with E-state index in [1.165, 1.54) is 64.2 Å². The summed E-state index contributed by atoms with van der Waals surface area (Å²) in [5.41, 5.74) is 13.8. The normalized spacial score (nSPS) is 14.2. The fourth-order valence-electron chi connectivity index (χ4n) is 7.97. The van der Waals surface area contributed by atoms with Gasteiger partial charge in [-0.05, 0) is 89.9 Å². The first-order valence-corrected chi connectivity index (χ1v) is 18.3. The van der Waals surface area contributed by atoms with Crippen LogP contribution in [-0.4, -0.2) is 10.3 Å². The minimum absolute atomic E-state index is 0.670. The van der Waals surface area contributed by atoms with Crippen molar-refractivity contribution in [3.8, 4) is 16.8 Å². The summed E-state index contributed by atoms with van der Waals surface area (Å²) in [6.07, 6.45) is 15.6. The molecule has 8 rings (SSSR count). The zero-order valence-electron chi connectivity index (χ0n) is 29.0. The zero-order chi connectivity index (χ0) is 35.1. The summed E-state index contributed by atoms with van der Waals surface area (Å²) in [5, 5.41) is 9.61. The summed E-state index contributed by atoms with van der Waals surface area (Å²) in [6.45, 7) is 12.0. The summed E-state index contributed by atoms with van der Waals surface area (Å²) in [5.74, 6) is 6.03. The molecule has 0 unspecified atom stereocenters. The highest BCUT2D eigenvalue weighted by Crippen LogP contribution is 2.52. The molecule has 3 nitrogen and oxygen atoms in total. The van der Waals surface area contributed by atoms with Crippen LogP contribution in [0.1, 0.15) is 30.5 Å². The van der Waals surface area contributed by atoms with Crippen LogP contribution in [0.5, 0.6) is 0 Å². The molecule has 2 N–H and O–H groups in total. The number of hydrogen-bond acceptors (Lipinski definition) is 3. The van der Waals surface area contributed by atoms with Crippen LogP contribution in [0.25, 0.3) is 64.4 Å². The first-order valence-electron chi connectivity index (χ1n) is 17.4. The fourth-order valence-corrected chi connectivity index (χ4v) is 9.22. The SMILES string of the molecule is C=C\C=C/C(=C\C)C(=N/N)/C(C=C)=C(/C=C\C)c1ccc(-n2c3ccccc3c3c4c(c5c6ccccc6sc5c32)-c2ccccc2CC4)cc1. The highest BCUT2D eigenvalue weighted by atomic mass is 32.1. The van der Waals surface area contributed by atoms with Crippen molar-refractivity contribution in [3.05, 3.63) is 181 Å². The third-order valence-corrected chi connectivity index (χ3v) is 11.3. The molecule has 51 heavy (non-hydrogen) atoms. The maximum absolute atomic E-state index is 6.03. The standard InChI is InChI=1S/C47H39N3S/c1-5-9-17-30(7-3)45(49-48)34(8-4)35(16-6-2)32-24-27-33(28-25-32)50-40-22-14-12-20-37(40)43-39-29-26-31-18-10-11-19-36(31)42(39)44-38-21-13-15-23-41(38)51-47(44)46(43)50/h5-25,27-28H,1,4,26,29,48H2,2-3H3/b16-6-,17-9-,30-7+,35-34-,49-45-. The van der Waals surface area contributed by atoms with Crippen molar-refractivity contribution in [2.75, 3.05) is 0 Å². The molecule has 0 aliphatic heterocycles. The molecule has 7 aromatic rings. The molecule has 0 spiro atoms. The van der Waals surface area contributed by atoms with Gasteiger partial charge in [0, 0.05) is 37.5 Å². The number of aryl methyl sites for hydroxylation is 2. The van der Waals surface area contributed by atoms with Gasteiger partial charge < -0.3 is 10.4 Å². The van der Waals surface area contributed by atoms with Crippen molar-refractivity contribution in [3.63, 3.8) is 0 Å². The van der Waals surface area contributed by atoms with Crippen LogP contribution >= 0.6 is 11.3 Å². The maximum Gasteiger partial charge on any atom is 0.0974 e. The predicted molar refractivity (Wildman–Crippen MR) is 223 cm³/mol. The Labute approximate surface area is 303 Å². The minimum atomic E-state index is 0.670. The molecule has 248 valence electrons. The van der Waals surface area contributed by atoms with Crippen molar-refractivity contribution in [2.45, 2.75) is 26.7 Å². The second-order valence-electron chi connectivity index (χ2n) is 12.8. The Balaban J connectivity index is 1.41.